The van der Waals surface area contributed by atoms with E-state index in [2.05, 4.69) is 22.9 Å². The predicted octanol–water partition coefficient (Wildman–Crippen LogP) is 6.71. The molecule has 2 heterocycles. The molecule has 1 fully saturated rings. The molecule has 0 saturated heterocycles. The maximum absolute atomic E-state index is 13.9. The Balaban J connectivity index is 1.54. The summed E-state index contributed by atoms with van der Waals surface area (Å²) in [5, 5.41) is 9.53. The van der Waals surface area contributed by atoms with Crippen molar-refractivity contribution in [2.75, 3.05) is 25.0 Å². The van der Waals surface area contributed by atoms with Gasteiger partial charge in [-0.25, -0.2) is 0 Å². The van der Waals surface area contributed by atoms with Crippen molar-refractivity contribution in [1.82, 2.24) is 10.6 Å². The number of unbranched alkanes of at least 4 members (excludes halogenated alkanes) is 1. The van der Waals surface area contributed by atoms with E-state index in [1.165, 1.54) is 16.2 Å². The summed E-state index contributed by atoms with van der Waals surface area (Å²) >= 11 is 1.50. The fourth-order valence-corrected chi connectivity index (χ4v) is 7.13. The van der Waals surface area contributed by atoms with Gasteiger partial charge < -0.3 is 0 Å². The van der Waals surface area contributed by atoms with Crippen LogP contribution in [0.15, 0.2) is 22.3 Å². The van der Waals surface area contributed by atoms with E-state index in [0.29, 0.717) is 30.2 Å². The Morgan fingerprint density at radius 2 is 1.90 bits per heavy atom. The van der Waals surface area contributed by atoms with E-state index in [4.69, 9.17) is 12.2 Å². The third kappa shape index (κ3) is 7.57. The monoisotopic (exact) mass is 562 g/mol. The molecule has 39 heavy (non-hydrogen) atoms. The number of hydrogen-bond donors (Lipinski definition) is 3. The van der Waals surface area contributed by atoms with Gasteiger partial charge in [-0.2, -0.15) is 0 Å². The molecule has 0 atom stereocenters. The number of carbonyl (C=O) groups excluding carboxylic acids is 1. The summed E-state index contributed by atoms with van der Waals surface area (Å²) in [6, 6.07) is -0.541. The topological polar surface area (TPSA) is 62.4 Å². The van der Waals surface area contributed by atoms with Gasteiger partial charge in [0.2, 0.25) is 0 Å². The fraction of sp³-hybridized carbons (Fsp3) is 0.655. The molecule has 0 spiro atoms. The van der Waals surface area contributed by atoms with Gasteiger partial charge >= 0.3 is 222 Å². The van der Waals surface area contributed by atoms with Gasteiger partial charge in [-0.1, -0.05) is 13.3 Å². The van der Waals surface area contributed by atoms with E-state index in [0.717, 1.165) is 99.8 Å². The van der Waals surface area contributed by atoms with Gasteiger partial charge in [0, 0.05) is 0 Å². The second-order valence-corrected chi connectivity index (χ2v) is 11.9. The zero-order valence-electron chi connectivity index (χ0n) is 23.1. The first-order chi connectivity index (χ1) is 18.7. The summed E-state index contributed by atoms with van der Waals surface area (Å²) in [7, 11) is 6.47. The fourth-order valence-electron chi connectivity index (χ4n) is 5.84. The van der Waals surface area contributed by atoms with Gasteiger partial charge in [0.05, 0.1) is 0 Å². The SMILES string of the molecule is [B]=C(OC1CCCC1)c1c(NC(=O)NC/C(C2=C(CCCC)CNCC2)=C(/C)C(F)(F)F)sc2c1CCCC2. The second-order valence-electron chi connectivity index (χ2n) is 10.8. The van der Waals surface area contributed by atoms with Crippen LogP contribution in [0.4, 0.5) is 23.0 Å². The van der Waals surface area contributed by atoms with E-state index in [1.807, 2.05) is 0 Å². The van der Waals surface area contributed by atoms with E-state index < -0.39 is 17.8 Å². The Bertz CT molecular complexity index is 1120. The summed E-state index contributed by atoms with van der Waals surface area (Å²) in [5.74, 6) is 0. The predicted molar refractivity (Wildman–Crippen MR) is 154 cm³/mol. The average Bonchev–Trinajstić information content (AvgIpc) is 3.54. The number of fused-ring (bicyclic) bond motifs is 1. The molecule has 1 saturated carbocycles. The molecule has 3 aliphatic rings. The van der Waals surface area contributed by atoms with Crippen LogP contribution >= 0.6 is 11.3 Å². The number of aryl methyl sites for hydroxylation is 1. The van der Waals surface area contributed by atoms with Crippen molar-refractivity contribution in [3.63, 3.8) is 0 Å². The molecule has 5 nitrogen and oxygen atoms in total. The van der Waals surface area contributed by atoms with Gasteiger partial charge in [-0.05, 0) is 0 Å². The first-order valence-electron chi connectivity index (χ1n) is 14.4. The standard InChI is InChI=1S/C29H40BF3N3O2S/c1-3-4-9-19-16-34-15-14-21(19)23(18(2)29(31,32)33)17-35-28(37)36-27-25(22-12-7-8-13-24(22)39-27)26(30)38-20-10-5-6-11-20/h20,34H,3-17H2,1-2H3,(H2,35,36,37)/b23-18+. The van der Waals surface area contributed by atoms with E-state index >= 15 is 0 Å². The average molecular weight is 563 g/mol. The molecule has 0 unspecified atom stereocenters. The van der Waals surface area contributed by atoms with Crippen LogP contribution in [0.25, 0.3) is 0 Å². The van der Waals surface area contributed by atoms with E-state index in [9.17, 15) is 18.0 Å². The summed E-state index contributed by atoms with van der Waals surface area (Å²) in [6.07, 6.45) is 6.86. The van der Waals surface area contributed by atoms with Crippen LogP contribution in [0.2, 0.25) is 0 Å². The number of halogens is 3. The number of hydrogen-bond acceptors (Lipinski definition) is 4. The zero-order chi connectivity index (χ0) is 28.0. The summed E-state index contributed by atoms with van der Waals surface area (Å²) in [6.45, 7) is 4.19. The molecular weight excluding hydrogens is 522 g/mol. The zero-order valence-corrected chi connectivity index (χ0v) is 23.9. The Hall–Kier alpha value is -2.07. The van der Waals surface area contributed by atoms with Crippen molar-refractivity contribution >= 4 is 35.5 Å². The maximum atomic E-state index is 13.9. The van der Waals surface area contributed by atoms with E-state index in [-0.39, 0.29) is 18.2 Å². The minimum atomic E-state index is -4.47. The molecular formula is C29H40BF3N3O2S. The van der Waals surface area contributed by atoms with Crippen molar-refractivity contribution in [2.24, 2.45) is 0 Å². The number of ether oxygens (including phenoxy) is 1. The summed E-state index contributed by atoms with van der Waals surface area (Å²) in [4.78, 5) is 14.3. The Kier molecular flexibility index (Phi) is 10.4. The number of thiophene rings is 1. The molecule has 1 radical (unpaired) electrons. The number of rotatable bonds is 10. The van der Waals surface area contributed by atoms with Crippen LogP contribution in [-0.4, -0.2) is 51.1 Å². The van der Waals surface area contributed by atoms with Crippen LogP contribution in [0.1, 0.15) is 94.1 Å². The number of anilines is 1. The Morgan fingerprint density at radius 3 is 2.62 bits per heavy atom. The Labute approximate surface area is 235 Å². The van der Waals surface area contributed by atoms with Gasteiger partial charge in [-0.3, -0.25) is 0 Å². The van der Waals surface area contributed by atoms with Crippen molar-refractivity contribution in [2.45, 2.75) is 103 Å². The van der Waals surface area contributed by atoms with Crippen LogP contribution in [0.3, 0.4) is 0 Å². The van der Waals surface area contributed by atoms with Gasteiger partial charge in [0.15, 0.2) is 0 Å². The second kappa shape index (κ2) is 13.5. The van der Waals surface area contributed by atoms with Crippen LogP contribution in [-0.2, 0) is 17.6 Å². The van der Waals surface area contributed by atoms with Crippen LogP contribution < -0.4 is 16.0 Å². The third-order valence-electron chi connectivity index (χ3n) is 8.06. The van der Waals surface area contributed by atoms with Crippen molar-refractivity contribution in [3.05, 3.63) is 38.3 Å². The number of nitrogens with one attached hydrogen (secondary N) is 3. The van der Waals surface area contributed by atoms with E-state index in [1.54, 1.807) is 0 Å². The number of amides is 2. The van der Waals surface area contributed by atoms with Crippen molar-refractivity contribution in [3.8, 4) is 0 Å². The molecule has 1 aromatic heterocycles. The third-order valence-corrected chi connectivity index (χ3v) is 9.26. The molecule has 0 aromatic carbocycles. The molecule has 0 bridgehead atoms. The number of allylic oxidation sites excluding steroid dienone is 1. The van der Waals surface area contributed by atoms with Gasteiger partial charge in [0.1, 0.15) is 0 Å². The first kappa shape index (κ1) is 29.9. The summed E-state index contributed by atoms with van der Waals surface area (Å²) in [5.41, 5.74) is 3.48. The summed E-state index contributed by atoms with van der Waals surface area (Å²) < 4.78 is 47.8. The minimum absolute atomic E-state index is 0.0871. The Morgan fingerprint density at radius 1 is 1.15 bits per heavy atom. The molecule has 10 heteroatoms. The quantitative estimate of drug-likeness (QED) is 0.278. The van der Waals surface area contributed by atoms with Crippen LogP contribution in [0.5, 0.6) is 0 Å². The molecule has 1 aliphatic heterocycles. The van der Waals surface area contributed by atoms with Gasteiger partial charge in [0.25, 0.3) is 0 Å². The molecule has 3 N–H and O–H groups in total. The first-order valence-corrected chi connectivity index (χ1v) is 15.2. The normalized spacial score (nSPS) is 19.0. The molecule has 4 rings (SSSR count). The molecule has 213 valence electrons. The number of carbonyl (C=O) groups is 1. The number of urea groups is 1. The molecule has 2 amide bonds. The van der Waals surface area contributed by atoms with Gasteiger partial charge in [-0.15, -0.1) is 0 Å². The van der Waals surface area contributed by atoms with Crippen molar-refractivity contribution in [1.29, 1.82) is 0 Å². The van der Waals surface area contributed by atoms with Crippen molar-refractivity contribution < 1.29 is 22.7 Å². The number of alkyl halides is 3. The van der Waals surface area contributed by atoms with Crippen LogP contribution in [0, 0.1) is 0 Å². The molecule has 2 aliphatic carbocycles. The molecule has 1 aromatic rings.